The van der Waals surface area contributed by atoms with Crippen molar-refractivity contribution in [3.63, 3.8) is 0 Å². The number of amides is 2. The van der Waals surface area contributed by atoms with E-state index in [-0.39, 0.29) is 28.7 Å². The largest absolute Gasteiger partial charge is 0.346 e. The Morgan fingerprint density at radius 3 is 2.15 bits per heavy atom. The quantitative estimate of drug-likeness (QED) is 0.704. The Balaban J connectivity index is 1.61. The molecule has 0 bridgehead atoms. The molecule has 7 nitrogen and oxygen atoms in total. The van der Waals surface area contributed by atoms with Gasteiger partial charge in [-0.25, -0.2) is 13.6 Å². The molecule has 2 aromatic carbocycles. The third kappa shape index (κ3) is 4.93. The number of hydrogen-bond donors (Lipinski definition) is 3. The molecule has 0 saturated heterocycles. The molecule has 8 heteroatoms. The number of nitrogens with two attached hydrogens (primary N) is 1. The average molecular weight is 387 g/mol. The van der Waals surface area contributed by atoms with Crippen molar-refractivity contribution in [3.05, 3.63) is 59.7 Å². The van der Waals surface area contributed by atoms with Crippen LogP contribution in [-0.2, 0) is 14.8 Å². The highest BCUT2D eigenvalue weighted by atomic mass is 32.2. The van der Waals surface area contributed by atoms with Gasteiger partial charge in [-0.15, -0.1) is 0 Å². The van der Waals surface area contributed by atoms with Crippen LogP contribution in [0.25, 0.3) is 0 Å². The molecule has 0 heterocycles. The minimum absolute atomic E-state index is 0.0174. The number of benzene rings is 2. The van der Waals surface area contributed by atoms with Gasteiger partial charge < -0.3 is 10.6 Å². The molecule has 0 aliphatic heterocycles. The summed E-state index contributed by atoms with van der Waals surface area (Å²) < 4.78 is 22.6. The molecular weight excluding hydrogens is 366 g/mol. The third-order valence-corrected chi connectivity index (χ3v) is 5.35. The maximum atomic E-state index is 12.4. The highest BCUT2D eigenvalue weighted by molar-refractivity contribution is 7.89. The summed E-state index contributed by atoms with van der Waals surface area (Å²) in [6.07, 6.45) is 1.87. The van der Waals surface area contributed by atoms with Gasteiger partial charge in [0.2, 0.25) is 15.9 Å². The van der Waals surface area contributed by atoms with E-state index in [1.807, 2.05) is 0 Å². The number of carbonyl (C=O) groups excluding carboxylic acids is 2. The molecule has 1 aliphatic carbocycles. The first-order valence-electron chi connectivity index (χ1n) is 8.58. The van der Waals surface area contributed by atoms with Gasteiger partial charge >= 0.3 is 0 Å². The number of sulfonamides is 1. The van der Waals surface area contributed by atoms with Crippen molar-refractivity contribution in [2.45, 2.75) is 30.7 Å². The zero-order chi connectivity index (χ0) is 19.6. The van der Waals surface area contributed by atoms with Crippen molar-refractivity contribution in [1.82, 2.24) is 5.32 Å². The smallest absolute Gasteiger partial charge is 0.251 e. The number of carbonyl (C=O) groups is 2. The van der Waals surface area contributed by atoms with Gasteiger partial charge in [0.15, 0.2) is 0 Å². The average Bonchev–Trinajstić information content (AvgIpc) is 3.47. The summed E-state index contributed by atoms with van der Waals surface area (Å²) in [5.74, 6) is -0.128. The highest BCUT2D eigenvalue weighted by Crippen LogP contribution is 2.30. The Labute approximate surface area is 158 Å². The van der Waals surface area contributed by atoms with Crippen molar-refractivity contribution in [3.8, 4) is 0 Å². The molecule has 4 N–H and O–H groups in total. The van der Waals surface area contributed by atoms with Crippen molar-refractivity contribution in [2.24, 2.45) is 11.1 Å². The topological polar surface area (TPSA) is 118 Å². The van der Waals surface area contributed by atoms with Gasteiger partial charge in [-0.2, -0.15) is 0 Å². The fourth-order valence-electron chi connectivity index (χ4n) is 2.60. The van der Waals surface area contributed by atoms with Gasteiger partial charge in [-0.1, -0.05) is 12.1 Å². The Kier molecular flexibility index (Phi) is 5.29. The van der Waals surface area contributed by atoms with E-state index in [2.05, 4.69) is 10.6 Å². The molecule has 27 heavy (non-hydrogen) atoms. The molecule has 142 valence electrons. The maximum absolute atomic E-state index is 12.4. The first-order chi connectivity index (χ1) is 12.7. The maximum Gasteiger partial charge on any atom is 0.251 e. The minimum Gasteiger partial charge on any atom is -0.346 e. The molecule has 0 radical (unpaired) electrons. The summed E-state index contributed by atoms with van der Waals surface area (Å²) >= 11 is 0. The van der Waals surface area contributed by atoms with Crippen LogP contribution in [0.2, 0.25) is 0 Å². The summed E-state index contributed by atoms with van der Waals surface area (Å²) in [6, 6.07) is 12.4. The summed E-state index contributed by atoms with van der Waals surface area (Å²) in [5, 5.41) is 10.8. The molecule has 2 aromatic rings. The van der Waals surface area contributed by atoms with Crippen LogP contribution < -0.4 is 15.8 Å². The highest BCUT2D eigenvalue weighted by Gasteiger charge is 2.29. The number of rotatable bonds is 6. The molecule has 2 amide bonds. The van der Waals surface area contributed by atoms with Crippen LogP contribution in [0, 0.1) is 5.92 Å². The fraction of sp³-hybridized carbons (Fsp3) is 0.263. The van der Waals surface area contributed by atoms with Gasteiger partial charge in [-0.05, 0) is 61.7 Å². The van der Waals surface area contributed by atoms with Crippen LogP contribution in [0.4, 0.5) is 5.69 Å². The van der Waals surface area contributed by atoms with Gasteiger partial charge in [0.25, 0.3) is 5.91 Å². The molecule has 3 rings (SSSR count). The lowest BCUT2D eigenvalue weighted by Crippen LogP contribution is -2.26. The Bertz CT molecular complexity index is 949. The normalized spacial score (nSPS) is 15.0. The number of hydrogen-bond acceptors (Lipinski definition) is 4. The summed E-state index contributed by atoms with van der Waals surface area (Å²) in [6.45, 7) is 1.80. The van der Waals surface area contributed by atoms with Crippen LogP contribution in [0.15, 0.2) is 53.4 Å². The zero-order valence-electron chi connectivity index (χ0n) is 14.8. The molecule has 0 aromatic heterocycles. The van der Waals surface area contributed by atoms with E-state index in [1.165, 1.54) is 12.1 Å². The number of primary sulfonamides is 1. The van der Waals surface area contributed by atoms with E-state index < -0.39 is 10.0 Å². The Morgan fingerprint density at radius 2 is 1.63 bits per heavy atom. The van der Waals surface area contributed by atoms with Crippen molar-refractivity contribution >= 4 is 27.5 Å². The second kappa shape index (κ2) is 7.50. The Hall–Kier alpha value is -2.71. The van der Waals surface area contributed by atoms with Crippen molar-refractivity contribution in [1.29, 1.82) is 0 Å². The van der Waals surface area contributed by atoms with E-state index in [1.54, 1.807) is 43.3 Å². The van der Waals surface area contributed by atoms with Crippen LogP contribution in [0.1, 0.15) is 41.7 Å². The molecular formula is C19H21N3O4S. The summed E-state index contributed by atoms with van der Waals surface area (Å²) in [5.41, 5.74) is 1.88. The first kappa shape index (κ1) is 19.1. The second-order valence-electron chi connectivity index (χ2n) is 6.65. The van der Waals surface area contributed by atoms with Crippen LogP contribution >= 0.6 is 0 Å². The lowest BCUT2D eigenvalue weighted by atomic mass is 10.1. The van der Waals surface area contributed by atoms with Crippen LogP contribution in [0.3, 0.4) is 0 Å². The zero-order valence-corrected chi connectivity index (χ0v) is 15.6. The van der Waals surface area contributed by atoms with E-state index in [9.17, 15) is 18.0 Å². The lowest BCUT2D eigenvalue weighted by Gasteiger charge is -2.15. The molecule has 1 atom stereocenters. The SMILES string of the molecule is C[C@@H](NC(=O)c1ccc(NC(=O)C2CC2)cc1)c1ccc(S(N)(=O)=O)cc1. The molecule has 0 unspecified atom stereocenters. The predicted octanol–water partition coefficient (Wildman–Crippen LogP) is 2.17. The van der Waals surface area contributed by atoms with Gasteiger partial charge in [0.1, 0.15) is 0 Å². The lowest BCUT2D eigenvalue weighted by molar-refractivity contribution is -0.117. The molecule has 1 saturated carbocycles. The standard InChI is InChI=1S/C19H21N3O4S/c1-12(13-6-10-17(11-7-13)27(20,25)26)21-18(23)15-4-8-16(9-5-15)22-19(24)14-2-3-14/h4-12,14H,2-3H2,1H3,(H,21,23)(H,22,24)(H2,20,25,26)/t12-/m1/s1. The molecule has 1 aliphatic rings. The first-order valence-corrected chi connectivity index (χ1v) is 10.1. The van der Waals surface area contributed by atoms with Crippen molar-refractivity contribution in [2.75, 3.05) is 5.32 Å². The fourth-order valence-corrected chi connectivity index (χ4v) is 3.12. The van der Waals surface area contributed by atoms with E-state index >= 15 is 0 Å². The monoisotopic (exact) mass is 387 g/mol. The van der Waals surface area contributed by atoms with Gasteiger partial charge in [0.05, 0.1) is 10.9 Å². The molecule has 1 fully saturated rings. The Morgan fingerprint density at radius 1 is 1.04 bits per heavy atom. The third-order valence-electron chi connectivity index (χ3n) is 4.42. The van der Waals surface area contributed by atoms with Gasteiger partial charge in [0, 0.05) is 17.2 Å². The summed E-state index contributed by atoms with van der Waals surface area (Å²) in [7, 11) is -3.74. The van der Waals surface area contributed by atoms with Crippen molar-refractivity contribution < 1.29 is 18.0 Å². The number of anilines is 1. The summed E-state index contributed by atoms with van der Waals surface area (Å²) in [4.78, 5) is 24.2. The number of nitrogens with one attached hydrogen (secondary N) is 2. The minimum atomic E-state index is -3.74. The van der Waals surface area contributed by atoms with Crippen LogP contribution in [-0.4, -0.2) is 20.2 Å². The predicted molar refractivity (Wildman–Crippen MR) is 101 cm³/mol. The second-order valence-corrected chi connectivity index (χ2v) is 8.21. The molecule has 0 spiro atoms. The van der Waals surface area contributed by atoms with Gasteiger partial charge in [-0.3, -0.25) is 9.59 Å². The van der Waals surface area contributed by atoms with Crippen LogP contribution in [0.5, 0.6) is 0 Å². The van der Waals surface area contributed by atoms with E-state index in [0.717, 1.165) is 18.4 Å². The van der Waals surface area contributed by atoms with E-state index in [4.69, 9.17) is 5.14 Å². The van der Waals surface area contributed by atoms with E-state index in [0.29, 0.717) is 11.3 Å².